The van der Waals surface area contributed by atoms with E-state index in [9.17, 15) is 0 Å². The third-order valence-corrected chi connectivity index (χ3v) is 3.86. The lowest BCUT2D eigenvalue weighted by atomic mass is 9.57. The van der Waals surface area contributed by atoms with E-state index in [-0.39, 0.29) is 0 Å². The highest BCUT2D eigenvalue weighted by Gasteiger charge is 2.52. The third kappa shape index (κ3) is 0.619. The molecular weight excluding hydrogens is 122 g/mol. The monoisotopic (exact) mass is 139 g/mol. The molecule has 0 aromatic rings. The maximum absolute atomic E-state index is 3.56. The first-order valence-electron chi connectivity index (χ1n) is 4.41. The van der Waals surface area contributed by atoms with Crippen molar-refractivity contribution in [3.63, 3.8) is 0 Å². The van der Waals surface area contributed by atoms with E-state index in [0.717, 1.165) is 0 Å². The standard InChI is InChI=1S/C9H17N/c1-8-5-3-4-6-9(8,2)10-7-8/h10H,3-7H2,1-2H3/t8-,9+/m0/s1. The van der Waals surface area contributed by atoms with Crippen LogP contribution in [0.25, 0.3) is 0 Å². The van der Waals surface area contributed by atoms with E-state index in [1.54, 1.807) is 0 Å². The lowest BCUT2D eigenvalue weighted by Crippen LogP contribution is -2.71. The minimum Gasteiger partial charge on any atom is -0.310 e. The van der Waals surface area contributed by atoms with Crippen LogP contribution in [0.3, 0.4) is 0 Å². The van der Waals surface area contributed by atoms with Crippen molar-refractivity contribution in [2.75, 3.05) is 6.54 Å². The van der Waals surface area contributed by atoms with Gasteiger partial charge in [-0.15, -0.1) is 0 Å². The molecule has 1 aliphatic heterocycles. The maximum atomic E-state index is 3.56. The van der Waals surface area contributed by atoms with Crippen molar-refractivity contribution in [3.8, 4) is 0 Å². The van der Waals surface area contributed by atoms with Crippen LogP contribution in [0.5, 0.6) is 0 Å². The van der Waals surface area contributed by atoms with Gasteiger partial charge in [-0.3, -0.25) is 0 Å². The summed E-state index contributed by atoms with van der Waals surface area (Å²) in [6, 6.07) is 0. The van der Waals surface area contributed by atoms with Crippen LogP contribution in [0.4, 0.5) is 0 Å². The Balaban J connectivity index is 2.17. The first-order chi connectivity index (χ1) is 4.66. The summed E-state index contributed by atoms with van der Waals surface area (Å²) in [6.45, 7) is 6.07. The molecule has 2 rings (SSSR count). The Bertz CT molecular complexity index is 137. The zero-order valence-corrected chi connectivity index (χ0v) is 7.04. The first kappa shape index (κ1) is 6.66. The van der Waals surface area contributed by atoms with Crippen LogP contribution >= 0.6 is 0 Å². The summed E-state index contributed by atoms with van der Waals surface area (Å²) in [7, 11) is 0. The van der Waals surface area contributed by atoms with E-state index in [1.807, 2.05) is 0 Å². The largest absolute Gasteiger partial charge is 0.310 e. The summed E-state index contributed by atoms with van der Waals surface area (Å²) in [5, 5.41) is 3.56. The Morgan fingerprint density at radius 1 is 1.10 bits per heavy atom. The van der Waals surface area contributed by atoms with Gasteiger partial charge in [-0.25, -0.2) is 0 Å². The molecule has 1 saturated carbocycles. The molecule has 0 amide bonds. The quantitative estimate of drug-likeness (QED) is 0.540. The van der Waals surface area contributed by atoms with Crippen molar-refractivity contribution in [1.29, 1.82) is 0 Å². The fraction of sp³-hybridized carbons (Fsp3) is 1.00. The van der Waals surface area contributed by atoms with Crippen LogP contribution in [0, 0.1) is 5.41 Å². The van der Waals surface area contributed by atoms with Crippen LogP contribution in [-0.2, 0) is 0 Å². The van der Waals surface area contributed by atoms with Crippen molar-refractivity contribution in [2.24, 2.45) is 5.41 Å². The van der Waals surface area contributed by atoms with Gasteiger partial charge in [0.05, 0.1) is 0 Å². The van der Waals surface area contributed by atoms with Gasteiger partial charge in [-0.1, -0.05) is 19.8 Å². The predicted octanol–water partition coefficient (Wildman–Crippen LogP) is 1.93. The van der Waals surface area contributed by atoms with Crippen molar-refractivity contribution in [3.05, 3.63) is 0 Å². The van der Waals surface area contributed by atoms with Gasteiger partial charge in [0.2, 0.25) is 0 Å². The van der Waals surface area contributed by atoms with Crippen LogP contribution in [0.15, 0.2) is 0 Å². The number of hydrogen-bond acceptors (Lipinski definition) is 1. The summed E-state index contributed by atoms with van der Waals surface area (Å²) >= 11 is 0. The number of fused-ring (bicyclic) bond motifs is 1. The topological polar surface area (TPSA) is 12.0 Å². The molecule has 1 nitrogen and oxygen atoms in total. The SMILES string of the molecule is C[C@@]12CCCC[C@@]1(C)NC2. The van der Waals surface area contributed by atoms with Gasteiger partial charge in [-0.05, 0) is 25.2 Å². The molecule has 1 N–H and O–H groups in total. The molecule has 2 atom stereocenters. The van der Waals surface area contributed by atoms with Crippen LogP contribution in [0.1, 0.15) is 39.5 Å². The van der Waals surface area contributed by atoms with Gasteiger partial charge in [-0.2, -0.15) is 0 Å². The maximum Gasteiger partial charge on any atom is 0.0219 e. The van der Waals surface area contributed by atoms with E-state index in [2.05, 4.69) is 19.2 Å². The third-order valence-electron chi connectivity index (χ3n) is 3.86. The molecule has 58 valence electrons. The van der Waals surface area contributed by atoms with Crippen LogP contribution < -0.4 is 5.32 Å². The van der Waals surface area contributed by atoms with Gasteiger partial charge in [0.25, 0.3) is 0 Å². The fourth-order valence-electron chi connectivity index (χ4n) is 2.44. The molecule has 1 saturated heterocycles. The molecule has 1 aliphatic carbocycles. The van der Waals surface area contributed by atoms with Crippen molar-refractivity contribution in [2.45, 2.75) is 45.1 Å². The van der Waals surface area contributed by atoms with Gasteiger partial charge < -0.3 is 5.32 Å². The number of rotatable bonds is 0. The van der Waals surface area contributed by atoms with E-state index in [4.69, 9.17) is 0 Å². The van der Waals surface area contributed by atoms with Crippen LogP contribution in [0.2, 0.25) is 0 Å². The summed E-state index contributed by atoms with van der Waals surface area (Å²) < 4.78 is 0. The van der Waals surface area contributed by atoms with Crippen LogP contribution in [-0.4, -0.2) is 12.1 Å². The minimum absolute atomic E-state index is 0.505. The molecule has 0 spiro atoms. The molecule has 0 aromatic heterocycles. The highest BCUT2D eigenvalue weighted by molar-refractivity contribution is 5.10. The second-order valence-electron chi connectivity index (χ2n) is 4.45. The minimum atomic E-state index is 0.505. The second kappa shape index (κ2) is 1.76. The van der Waals surface area contributed by atoms with E-state index in [0.29, 0.717) is 11.0 Å². The molecule has 2 aliphatic rings. The zero-order chi connectivity index (χ0) is 7.24. The lowest BCUT2D eigenvalue weighted by Gasteiger charge is -2.60. The first-order valence-corrected chi connectivity index (χ1v) is 4.41. The Hall–Kier alpha value is -0.0400. The smallest absolute Gasteiger partial charge is 0.0219 e. The van der Waals surface area contributed by atoms with Crippen molar-refractivity contribution >= 4 is 0 Å². The summed E-state index contributed by atoms with van der Waals surface area (Å²) in [6.07, 6.45) is 5.72. The molecule has 1 heteroatoms. The van der Waals surface area contributed by atoms with Crippen molar-refractivity contribution < 1.29 is 0 Å². The Morgan fingerprint density at radius 2 is 1.80 bits per heavy atom. The van der Waals surface area contributed by atoms with Gasteiger partial charge in [0, 0.05) is 12.1 Å². The summed E-state index contributed by atoms with van der Waals surface area (Å²) in [5.41, 5.74) is 1.15. The fourth-order valence-corrected chi connectivity index (χ4v) is 2.44. The molecule has 0 bridgehead atoms. The highest BCUT2D eigenvalue weighted by Crippen LogP contribution is 2.49. The summed E-state index contributed by atoms with van der Waals surface area (Å²) in [4.78, 5) is 0. The van der Waals surface area contributed by atoms with Gasteiger partial charge >= 0.3 is 0 Å². The lowest BCUT2D eigenvalue weighted by molar-refractivity contribution is -0.0278. The highest BCUT2D eigenvalue weighted by atomic mass is 15.1. The average Bonchev–Trinajstić information content (AvgIpc) is 1.92. The molecule has 0 unspecified atom stereocenters. The Morgan fingerprint density at radius 3 is 2.10 bits per heavy atom. The average molecular weight is 139 g/mol. The normalized spacial score (nSPS) is 53.4. The van der Waals surface area contributed by atoms with E-state index in [1.165, 1.54) is 32.2 Å². The Kier molecular flexibility index (Phi) is 1.17. The number of nitrogens with one attached hydrogen (secondary N) is 1. The molecule has 1 heterocycles. The predicted molar refractivity (Wildman–Crippen MR) is 43.0 cm³/mol. The molecule has 10 heavy (non-hydrogen) atoms. The molecule has 2 fully saturated rings. The molecule has 0 radical (unpaired) electrons. The van der Waals surface area contributed by atoms with E-state index >= 15 is 0 Å². The Labute approximate surface area is 63.2 Å². The second-order valence-corrected chi connectivity index (χ2v) is 4.45. The van der Waals surface area contributed by atoms with E-state index < -0.39 is 0 Å². The zero-order valence-electron chi connectivity index (χ0n) is 7.04. The molecular formula is C9H17N. The molecule has 0 aromatic carbocycles. The van der Waals surface area contributed by atoms with Gasteiger partial charge in [0.1, 0.15) is 0 Å². The van der Waals surface area contributed by atoms with Crippen molar-refractivity contribution in [1.82, 2.24) is 5.32 Å². The number of hydrogen-bond donors (Lipinski definition) is 1. The summed E-state index contributed by atoms with van der Waals surface area (Å²) in [5.74, 6) is 0. The van der Waals surface area contributed by atoms with Gasteiger partial charge in [0.15, 0.2) is 0 Å².